The van der Waals surface area contributed by atoms with Crippen molar-refractivity contribution in [2.75, 3.05) is 5.32 Å². The second-order valence-electron chi connectivity index (χ2n) is 7.96. The molecule has 0 saturated carbocycles. The summed E-state index contributed by atoms with van der Waals surface area (Å²) in [6, 6.07) is 5.28. The molecule has 6 nitrogen and oxygen atoms in total. The Morgan fingerprint density at radius 3 is 2.60 bits per heavy atom. The Balaban J connectivity index is 1.85. The summed E-state index contributed by atoms with van der Waals surface area (Å²) < 4.78 is 0. The number of benzene rings is 1. The summed E-state index contributed by atoms with van der Waals surface area (Å²) >= 11 is 0. The summed E-state index contributed by atoms with van der Waals surface area (Å²) in [5.41, 5.74) is 2.57. The SMILES string of the molecule is CC(Nc1cccc2c1CN(C1CCC(=O)NC1=O)C2=O)C(C)(C)C. The molecule has 6 heteroatoms. The molecule has 0 bridgehead atoms. The van der Waals surface area contributed by atoms with Crippen molar-refractivity contribution in [3.63, 3.8) is 0 Å². The molecule has 1 aromatic rings. The zero-order valence-corrected chi connectivity index (χ0v) is 15.2. The molecule has 3 rings (SSSR count). The van der Waals surface area contributed by atoms with Gasteiger partial charge in [0.2, 0.25) is 11.8 Å². The first kappa shape index (κ1) is 17.5. The molecule has 0 aromatic heterocycles. The van der Waals surface area contributed by atoms with Crippen molar-refractivity contribution in [1.29, 1.82) is 0 Å². The molecule has 2 atom stereocenters. The van der Waals surface area contributed by atoms with Crippen LogP contribution in [0.2, 0.25) is 0 Å². The van der Waals surface area contributed by atoms with Gasteiger partial charge < -0.3 is 10.2 Å². The molecule has 1 aromatic carbocycles. The van der Waals surface area contributed by atoms with Gasteiger partial charge in [0.25, 0.3) is 5.91 Å². The highest BCUT2D eigenvalue weighted by molar-refractivity contribution is 6.06. The Morgan fingerprint density at radius 1 is 1.24 bits per heavy atom. The minimum Gasteiger partial charge on any atom is -0.382 e. The van der Waals surface area contributed by atoms with Crippen LogP contribution in [0.4, 0.5) is 5.69 Å². The van der Waals surface area contributed by atoms with Crippen LogP contribution >= 0.6 is 0 Å². The molecule has 2 unspecified atom stereocenters. The summed E-state index contributed by atoms with van der Waals surface area (Å²) in [6.07, 6.45) is 0.647. The summed E-state index contributed by atoms with van der Waals surface area (Å²) in [4.78, 5) is 37.9. The molecule has 25 heavy (non-hydrogen) atoms. The Hall–Kier alpha value is -2.37. The molecule has 2 aliphatic rings. The zero-order chi connectivity index (χ0) is 18.4. The Labute approximate surface area is 148 Å². The van der Waals surface area contributed by atoms with Gasteiger partial charge in [-0.15, -0.1) is 0 Å². The van der Waals surface area contributed by atoms with Crippen molar-refractivity contribution in [2.24, 2.45) is 5.41 Å². The van der Waals surface area contributed by atoms with Crippen LogP contribution in [0, 0.1) is 5.41 Å². The van der Waals surface area contributed by atoms with E-state index in [2.05, 4.69) is 38.3 Å². The lowest BCUT2D eigenvalue weighted by Crippen LogP contribution is -2.52. The molecule has 1 saturated heterocycles. The number of imide groups is 1. The number of hydrogen-bond donors (Lipinski definition) is 2. The van der Waals surface area contributed by atoms with Crippen molar-refractivity contribution in [1.82, 2.24) is 10.2 Å². The maximum Gasteiger partial charge on any atom is 0.255 e. The number of carbonyl (C=O) groups is 3. The maximum absolute atomic E-state index is 12.8. The van der Waals surface area contributed by atoms with E-state index in [1.165, 1.54) is 0 Å². The number of hydrogen-bond acceptors (Lipinski definition) is 4. The Bertz CT molecular complexity index is 736. The first-order valence-electron chi connectivity index (χ1n) is 8.71. The van der Waals surface area contributed by atoms with E-state index in [0.29, 0.717) is 18.5 Å². The molecule has 0 radical (unpaired) electrons. The predicted molar refractivity (Wildman–Crippen MR) is 95.0 cm³/mol. The van der Waals surface area contributed by atoms with E-state index in [1.807, 2.05) is 12.1 Å². The van der Waals surface area contributed by atoms with Gasteiger partial charge in [-0.25, -0.2) is 0 Å². The third-order valence-corrected chi connectivity index (χ3v) is 5.25. The third-order valence-electron chi connectivity index (χ3n) is 5.25. The van der Waals surface area contributed by atoms with Gasteiger partial charge in [0.1, 0.15) is 6.04 Å². The summed E-state index contributed by atoms with van der Waals surface area (Å²) in [7, 11) is 0. The lowest BCUT2D eigenvalue weighted by atomic mass is 9.87. The molecular formula is C19H25N3O3. The Morgan fingerprint density at radius 2 is 1.96 bits per heavy atom. The standard InChI is InChI=1S/C19H25N3O3/c1-11(19(2,3)4)20-14-7-5-6-12-13(14)10-22(18(12)25)15-8-9-16(23)21-17(15)24/h5-7,11,15,20H,8-10H2,1-4H3,(H,21,23,24). The fraction of sp³-hybridized carbons (Fsp3) is 0.526. The van der Waals surface area contributed by atoms with Crippen LogP contribution in [0.5, 0.6) is 0 Å². The van der Waals surface area contributed by atoms with Gasteiger partial charge in [0, 0.05) is 35.8 Å². The second kappa shape index (κ2) is 6.17. The molecular weight excluding hydrogens is 318 g/mol. The maximum atomic E-state index is 12.8. The highest BCUT2D eigenvalue weighted by Gasteiger charge is 2.40. The van der Waals surface area contributed by atoms with Crippen LogP contribution in [-0.2, 0) is 16.1 Å². The lowest BCUT2D eigenvalue weighted by molar-refractivity contribution is -0.136. The van der Waals surface area contributed by atoms with Gasteiger partial charge in [-0.2, -0.15) is 0 Å². The van der Waals surface area contributed by atoms with Gasteiger partial charge in [-0.05, 0) is 30.9 Å². The smallest absolute Gasteiger partial charge is 0.255 e. The summed E-state index contributed by atoms with van der Waals surface area (Å²) in [5, 5.41) is 5.84. The molecule has 3 amide bonds. The van der Waals surface area contributed by atoms with Crippen molar-refractivity contribution in [3.05, 3.63) is 29.3 Å². The van der Waals surface area contributed by atoms with E-state index in [-0.39, 0.29) is 35.6 Å². The van der Waals surface area contributed by atoms with E-state index in [4.69, 9.17) is 0 Å². The molecule has 0 aliphatic carbocycles. The topological polar surface area (TPSA) is 78.5 Å². The number of anilines is 1. The van der Waals surface area contributed by atoms with E-state index in [1.54, 1.807) is 11.0 Å². The van der Waals surface area contributed by atoms with Gasteiger partial charge in [-0.3, -0.25) is 19.7 Å². The van der Waals surface area contributed by atoms with Gasteiger partial charge in [0.05, 0.1) is 0 Å². The normalized spacial score (nSPS) is 21.8. The van der Waals surface area contributed by atoms with Crippen LogP contribution in [-0.4, -0.2) is 34.7 Å². The number of nitrogens with zero attached hydrogens (tertiary/aromatic N) is 1. The minimum atomic E-state index is -0.578. The van der Waals surface area contributed by atoms with Gasteiger partial charge in [0.15, 0.2) is 0 Å². The summed E-state index contributed by atoms with van der Waals surface area (Å²) in [6.45, 7) is 8.99. The van der Waals surface area contributed by atoms with Crippen molar-refractivity contribution >= 4 is 23.4 Å². The van der Waals surface area contributed by atoms with E-state index in [9.17, 15) is 14.4 Å². The largest absolute Gasteiger partial charge is 0.382 e. The monoisotopic (exact) mass is 343 g/mol. The van der Waals surface area contributed by atoms with E-state index in [0.717, 1.165) is 11.3 Å². The minimum absolute atomic E-state index is 0.0780. The number of piperidine rings is 1. The van der Waals surface area contributed by atoms with Crippen LogP contribution in [0.3, 0.4) is 0 Å². The van der Waals surface area contributed by atoms with Gasteiger partial charge >= 0.3 is 0 Å². The summed E-state index contributed by atoms with van der Waals surface area (Å²) in [5.74, 6) is -0.793. The molecule has 1 fully saturated rings. The fourth-order valence-electron chi connectivity index (χ4n) is 3.17. The average Bonchev–Trinajstić information content (AvgIpc) is 2.85. The number of rotatable bonds is 3. The van der Waals surface area contributed by atoms with Crippen molar-refractivity contribution in [3.8, 4) is 0 Å². The number of amides is 3. The van der Waals surface area contributed by atoms with E-state index >= 15 is 0 Å². The van der Waals surface area contributed by atoms with Crippen LogP contribution in [0.15, 0.2) is 18.2 Å². The lowest BCUT2D eigenvalue weighted by Gasteiger charge is -2.30. The molecule has 2 heterocycles. The van der Waals surface area contributed by atoms with Crippen LogP contribution in [0.1, 0.15) is 56.5 Å². The third kappa shape index (κ3) is 3.25. The van der Waals surface area contributed by atoms with Crippen molar-refractivity contribution in [2.45, 2.75) is 59.2 Å². The van der Waals surface area contributed by atoms with E-state index < -0.39 is 6.04 Å². The predicted octanol–water partition coefficient (Wildman–Crippen LogP) is 2.29. The number of nitrogens with one attached hydrogen (secondary N) is 2. The second-order valence-corrected chi connectivity index (χ2v) is 7.96. The molecule has 2 aliphatic heterocycles. The average molecular weight is 343 g/mol. The Kier molecular flexibility index (Phi) is 4.31. The van der Waals surface area contributed by atoms with Crippen molar-refractivity contribution < 1.29 is 14.4 Å². The molecule has 134 valence electrons. The van der Waals surface area contributed by atoms with Gasteiger partial charge in [-0.1, -0.05) is 26.8 Å². The zero-order valence-electron chi connectivity index (χ0n) is 15.2. The molecule has 2 N–H and O–H groups in total. The molecule has 0 spiro atoms. The quantitative estimate of drug-likeness (QED) is 0.826. The number of fused-ring (bicyclic) bond motifs is 1. The first-order chi connectivity index (χ1) is 11.7. The highest BCUT2D eigenvalue weighted by Crippen LogP contribution is 2.34. The first-order valence-corrected chi connectivity index (χ1v) is 8.71. The van der Waals surface area contributed by atoms with Crippen LogP contribution in [0.25, 0.3) is 0 Å². The highest BCUT2D eigenvalue weighted by atomic mass is 16.2. The fourth-order valence-corrected chi connectivity index (χ4v) is 3.17. The number of carbonyl (C=O) groups excluding carboxylic acids is 3. The van der Waals surface area contributed by atoms with Crippen LogP contribution < -0.4 is 10.6 Å².